The zero-order chi connectivity index (χ0) is 14.4. The van der Waals surface area contributed by atoms with Gasteiger partial charge in [0.25, 0.3) is 6.01 Å². The summed E-state index contributed by atoms with van der Waals surface area (Å²) >= 11 is 0. The molecule has 3 N–H and O–H groups in total. The van der Waals surface area contributed by atoms with E-state index in [1.54, 1.807) is 0 Å². The highest BCUT2D eigenvalue weighted by Gasteiger charge is 2.36. The number of anilines is 2. The second-order valence-electron chi connectivity index (χ2n) is 6.46. The number of hydrogen-bond donors (Lipinski definition) is 2. The minimum atomic E-state index is 0.460. The standard InChI is InChI=1S/C16H22N4O/c1-20-12-3-2-4-13(20)9-11(8-12)18-16-19-14-7-10(17)5-6-15(14)21-16/h5-7,11-13H,2-4,8-9,17H2,1H3,(H,18,19). The van der Waals surface area contributed by atoms with Crippen LogP contribution < -0.4 is 11.1 Å². The Balaban J connectivity index is 1.52. The van der Waals surface area contributed by atoms with E-state index in [2.05, 4.69) is 22.2 Å². The molecule has 0 saturated carbocycles. The SMILES string of the molecule is CN1C2CCCC1CC(Nc1nc3cc(N)ccc3o1)C2. The summed E-state index contributed by atoms with van der Waals surface area (Å²) in [5.74, 6) is 0. The van der Waals surface area contributed by atoms with Crippen LogP contribution in [0.4, 0.5) is 11.7 Å². The molecule has 21 heavy (non-hydrogen) atoms. The molecule has 2 aliphatic heterocycles. The van der Waals surface area contributed by atoms with Gasteiger partial charge in [-0.15, -0.1) is 0 Å². The van der Waals surface area contributed by atoms with E-state index in [1.165, 1.54) is 32.1 Å². The first-order chi connectivity index (χ1) is 10.2. The van der Waals surface area contributed by atoms with Gasteiger partial charge in [-0.1, -0.05) is 6.42 Å². The summed E-state index contributed by atoms with van der Waals surface area (Å²) in [6.45, 7) is 0. The van der Waals surface area contributed by atoms with Crippen molar-refractivity contribution >= 4 is 22.8 Å². The van der Waals surface area contributed by atoms with Crippen molar-refractivity contribution in [3.8, 4) is 0 Å². The summed E-state index contributed by atoms with van der Waals surface area (Å²) in [7, 11) is 2.27. The van der Waals surface area contributed by atoms with E-state index in [4.69, 9.17) is 10.2 Å². The van der Waals surface area contributed by atoms with Crippen molar-refractivity contribution in [2.24, 2.45) is 0 Å². The summed E-state index contributed by atoms with van der Waals surface area (Å²) in [4.78, 5) is 7.07. The summed E-state index contributed by atoms with van der Waals surface area (Å²) in [5, 5.41) is 3.49. The predicted octanol–water partition coefficient (Wildman–Crippen LogP) is 2.84. The second kappa shape index (κ2) is 4.91. The average Bonchev–Trinajstić information content (AvgIpc) is 2.81. The first-order valence-corrected chi connectivity index (χ1v) is 7.83. The molecule has 2 bridgehead atoms. The second-order valence-corrected chi connectivity index (χ2v) is 6.46. The van der Waals surface area contributed by atoms with Crippen LogP contribution in [0.3, 0.4) is 0 Å². The van der Waals surface area contributed by atoms with Gasteiger partial charge in [-0.3, -0.25) is 0 Å². The van der Waals surface area contributed by atoms with E-state index in [0.29, 0.717) is 24.1 Å². The van der Waals surface area contributed by atoms with Crippen molar-refractivity contribution in [3.63, 3.8) is 0 Å². The molecule has 5 heteroatoms. The molecular weight excluding hydrogens is 264 g/mol. The van der Waals surface area contributed by atoms with Gasteiger partial charge in [-0.25, -0.2) is 0 Å². The summed E-state index contributed by atoms with van der Waals surface area (Å²) in [6.07, 6.45) is 6.35. The maximum absolute atomic E-state index is 5.79. The third-order valence-corrected chi connectivity index (χ3v) is 5.08. The molecule has 5 nitrogen and oxygen atoms in total. The van der Waals surface area contributed by atoms with E-state index in [0.717, 1.165) is 16.8 Å². The monoisotopic (exact) mass is 286 g/mol. The third kappa shape index (κ3) is 2.35. The third-order valence-electron chi connectivity index (χ3n) is 5.08. The highest BCUT2D eigenvalue weighted by atomic mass is 16.4. The number of rotatable bonds is 2. The smallest absolute Gasteiger partial charge is 0.295 e. The molecule has 2 saturated heterocycles. The summed E-state index contributed by atoms with van der Waals surface area (Å²) < 4.78 is 5.78. The molecule has 2 atom stereocenters. The molecule has 0 aliphatic carbocycles. The van der Waals surface area contributed by atoms with E-state index in [9.17, 15) is 0 Å². The number of oxazole rings is 1. The van der Waals surface area contributed by atoms with Crippen LogP contribution in [0.25, 0.3) is 11.1 Å². The van der Waals surface area contributed by atoms with Crippen LogP contribution in [0.15, 0.2) is 22.6 Å². The zero-order valence-electron chi connectivity index (χ0n) is 12.4. The van der Waals surface area contributed by atoms with Crippen LogP contribution in [-0.4, -0.2) is 35.1 Å². The van der Waals surface area contributed by atoms with Crippen LogP contribution in [0, 0.1) is 0 Å². The van der Waals surface area contributed by atoms with Crippen LogP contribution in [0.2, 0.25) is 0 Å². The molecule has 2 aliphatic rings. The van der Waals surface area contributed by atoms with E-state index >= 15 is 0 Å². The number of aromatic nitrogens is 1. The van der Waals surface area contributed by atoms with Crippen molar-refractivity contribution in [2.45, 2.75) is 50.2 Å². The largest absolute Gasteiger partial charge is 0.424 e. The van der Waals surface area contributed by atoms with Gasteiger partial charge in [-0.05, 0) is 50.9 Å². The van der Waals surface area contributed by atoms with Crippen molar-refractivity contribution in [1.29, 1.82) is 0 Å². The fourth-order valence-electron chi connectivity index (χ4n) is 3.91. The van der Waals surface area contributed by atoms with Gasteiger partial charge in [0, 0.05) is 23.8 Å². The van der Waals surface area contributed by atoms with E-state index in [-0.39, 0.29) is 0 Å². The predicted molar refractivity (Wildman–Crippen MR) is 84.3 cm³/mol. The van der Waals surface area contributed by atoms with Crippen LogP contribution in [0.5, 0.6) is 0 Å². The number of fused-ring (bicyclic) bond motifs is 3. The fourth-order valence-corrected chi connectivity index (χ4v) is 3.91. The number of hydrogen-bond acceptors (Lipinski definition) is 5. The van der Waals surface area contributed by atoms with Crippen molar-refractivity contribution in [1.82, 2.24) is 9.88 Å². The van der Waals surface area contributed by atoms with E-state index in [1.807, 2.05) is 18.2 Å². The van der Waals surface area contributed by atoms with Gasteiger partial charge >= 0.3 is 0 Å². The van der Waals surface area contributed by atoms with Crippen molar-refractivity contribution < 1.29 is 4.42 Å². The van der Waals surface area contributed by atoms with Gasteiger partial charge in [0.1, 0.15) is 5.52 Å². The van der Waals surface area contributed by atoms with Gasteiger partial charge in [0.05, 0.1) is 0 Å². The molecule has 4 rings (SSSR count). The lowest BCUT2D eigenvalue weighted by atomic mass is 9.82. The maximum Gasteiger partial charge on any atom is 0.295 e. The Morgan fingerprint density at radius 2 is 2.05 bits per heavy atom. The van der Waals surface area contributed by atoms with Gasteiger partial charge < -0.3 is 20.4 Å². The number of nitrogens with one attached hydrogen (secondary N) is 1. The first-order valence-electron chi connectivity index (χ1n) is 7.83. The topological polar surface area (TPSA) is 67.3 Å². The molecule has 2 aromatic rings. The Morgan fingerprint density at radius 3 is 2.81 bits per heavy atom. The van der Waals surface area contributed by atoms with Crippen molar-refractivity contribution in [2.75, 3.05) is 18.1 Å². The van der Waals surface area contributed by atoms with Crippen LogP contribution >= 0.6 is 0 Å². The summed E-state index contributed by atoms with van der Waals surface area (Å²) in [6, 6.07) is 8.08. The summed E-state index contributed by atoms with van der Waals surface area (Å²) in [5.41, 5.74) is 8.12. The molecule has 0 amide bonds. The lowest BCUT2D eigenvalue weighted by Crippen LogP contribution is -2.52. The Hall–Kier alpha value is -1.75. The lowest BCUT2D eigenvalue weighted by Gasteiger charge is -2.47. The molecule has 2 unspecified atom stereocenters. The molecular formula is C16H22N4O. The minimum Gasteiger partial charge on any atom is -0.424 e. The minimum absolute atomic E-state index is 0.460. The molecule has 0 spiro atoms. The van der Waals surface area contributed by atoms with E-state index < -0.39 is 0 Å². The van der Waals surface area contributed by atoms with Gasteiger partial charge in [0.15, 0.2) is 5.58 Å². The number of piperidine rings is 2. The maximum atomic E-state index is 5.79. The number of benzene rings is 1. The molecule has 1 aromatic carbocycles. The lowest BCUT2D eigenvalue weighted by molar-refractivity contribution is 0.0604. The number of nitrogens with two attached hydrogens (primary N) is 1. The number of nitrogen functional groups attached to an aromatic ring is 1. The van der Waals surface area contributed by atoms with Crippen LogP contribution in [0.1, 0.15) is 32.1 Å². The van der Waals surface area contributed by atoms with Gasteiger partial charge in [0.2, 0.25) is 0 Å². The Labute approximate surface area is 124 Å². The molecule has 1 aromatic heterocycles. The molecule has 2 fully saturated rings. The molecule has 112 valence electrons. The molecule has 0 radical (unpaired) electrons. The normalized spacial score (nSPS) is 29.7. The highest BCUT2D eigenvalue weighted by molar-refractivity contribution is 5.78. The van der Waals surface area contributed by atoms with Gasteiger partial charge in [-0.2, -0.15) is 4.98 Å². The number of nitrogens with zero attached hydrogens (tertiary/aromatic N) is 2. The molecule has 3 heterocycles. The quantitative estimate of drug-likeness (QED) is 0.831. The Bertz CT molecular complexity index is 639. The van der Waals surface area contributed by atoms with Crippen LogP contribution in [-0.2, 0) is 0 Å². The highest BCUT2D eigenvalue weighted by Crippen LogP contribution is 2.34. The Kier molecular flexibility index (Phi) is 3.03. The first kappa shape index (κ1) is 13.0. The fraction of sp³-hybridized carbons (Fsp3) is 0.562. The van der Waals surface area contributed by atoms with Crippen molar-refractivity contribution in [3.05, 3.63) is 18.2 Å². The Morgan fingerprint density at radius 1 is 1.29 bits per heavy atom. The average molecular weight is 286 g/mol. The zero-order valence-corrected chi connectivity index (χ0v) is 12.4.